The Balaban J connectivity index is 1.93. The summed E-state index contributed by atoms with van der Waals surface area (Å²) in [7, 11) is 0. The predicted molar refractivity (Wildman–Crippen MR) is 105 cm³/mol. The minimum Gasteiger partial charge on any atom is -0.366 e. The van der Waals surface area contributed by atoms with E-state index < -0.39 is 11.7 Å². The normalized spacial score (nSPS) is 14.4. The van der Waals surface area contributed by atoms with Gasteiger partial charge in [0, 0.05) is 24.2 Å². The van der Waals surface area contributed by atoms with Gasteiger partial charge >= 0.3 is 6.18 Å². The number of ketones is 1. The first-order valence-corrected chi connectivity index (χ1v) is 9.12. The van der Waals surface area contributed by atoms with Crippen LogP contribution in [0.4, 0.5) is 13.2 Å². The number of allylic oxidation sites excluding steroid dienone is 2. The second-order valence-corrected chi connectivity index (χ2v) is 6.86. The third kappa shape index (κ3) is 4.75. The summed E-state index contributed by atoms with van der Waals surface area (Å²) < 4.78 is 40.4. The summed E-state index contributed by atoms with van der Waals surface area (Å²) in [5.74, 6) is -0.0988. The van der Waals surface area contributed by atoms with Crippen LogP contribution < -0.4 is 0 Å². The number of carbonyl (C=O) groups excluding carboxylic acids is 1. The van der Waals surface area contributed by atoms with Gasteiger partial charge in [-0.1, -0.05) is 54.1 Å². The van der Waals surface area contributed by atoms with Crippen LogP contribution in [0, 0.1) is 18.3 Å². The van der Waals surface area contributed by atoms with Gasteiger partial charge in [0.2, 0.25) is 0 Å². The van der Waals surface area contributed by atoms with E-state index >= 15 is 0 Å². The zero-order valence-corrected chi connectivity index (χ0v) is 15.8. The average Bonchev–Trinajstić information content (AvgIpc) is 2.71. The van der Waals surface area contributed by atoms with Gasteiger partial charge in [0.05, 0.1) is 23.8 Å². The summed E-state index contributed by atoms with van der Waals surface area (Å²) in [5, 5.41) is 9.27. The van der Waals surface area contributed by atoms with Gasteiger partial charge in [-0.2, -0.15) is 18.4 Å². The monoisotopic (exact) mass is 396 g/mol. The average molecular weight is 396 g/mol. The number of rotatable bonds is 5. The van der Waals surface area contributed by atoms with Crippen LogP contribution in [0.25, 0.3) is 5.70 Å². The van der Waals surface area contributed by atoms with E-state index in [1.54, 1.807) is 53.4 Å². The molecule has 0 radical (unpaired) electrons. The Bertz CT molecular complexity index is 1010. The van der Waals surface area contributed by atoms with Crippen LogP contribution in [-0.2, 0) is 0 Å². The van der Waals surface area contributed by atoms with Crippen molar-refractivity contribution in [1.82, 2.24) is 4.90 Å². The van der Waals surface area contributed by atoms with Gasteiger partial charge in [0.1, 0.15) is 0 Å². The van der Waals surface area contributed by atoms with E-state index in [4.69, 9.17) is 0 Å². The number of aryl methyl sites for hydroxylation is 1. The van der Waals surface area contributed by atoms with E-state index in [0.717, 1.165) is 11.6 Å². The maximum atomic E-state index is 13.5. The van der Waals surface area contributed by atoms with Crippen LogP contribution in [-0.4, -0.2) is 29.9 Å². The summed E-state index contributed by atoms with van der Waals surface area (Å²) in [6.07, 6.45) is -3.47. The molecular weight excluding hydrogens is 377 g/mol. The minimum atomic E-state index is -4.62. The number of halogens is 3. The van der Waals surface area contributed by atoms with E-state index in [-0.39, 0.29) is 30.9 Å². The molecule has 0 fully saturated rings. The van der Waals surface area contributed by atoms with Crippen molar-refractivity contribution in [3.05, 3.63) is 88.5 Å². The minimum absolute atomic E-state index is 0.0988. The number of hydrogen-bond donors (Lipinski definition) is 0. The molecule has 0 atom stereocenters. The highest BCUT2D eigenvalue weighted by Crippen LogP contribution is 2.37. The fourth-order valence-corrected chi connectivity index (χ4v) is 3.30. The molecule has 0 amide bonds. The number of alkyl halides is 3. The fraction of sp³-hybridized carbons (Fsp3) is 0.217. The van der Waals surface area contributed by atoms with E-state index in [1.807, 2.05) is 19.1 Å². The van der Waals surface area contributed by atoms with Crippen molar-refractivity contribution in [2.75, 3.05) is 13.1 Å². The molecule has 0 aromatic heterocycles. The van der Waals surface area contributed by atoms with Crippen LogP contribution >= 0.6 is 0 Å². The molecule has 2 aromatic rings. The van der Waals surface area contributed by atoms with Gasteiger partial charge in [-0.15, -0.1) is 0 Å². The molecule has 0 saturated heterocycles. The van der Waals surface area contributed by atoms with Gasteiger partial charge in [-0.25, -0.2) is 0 Å². The molecule has 0 N–H and O–H groups in total. The van der Waals surface area contributed by atoms with Gasteiger partial charge in [-0.3, -0.25) is 4.79 Å². The van der Waals surface area contributed by atoms with Gasteiger partial charge < -0.3 is 4.90 Å². The SMILES string of the molecule is Cc1cccc(C2=CC(C(F)(F)F)=C(C#N)CN2CCC(=O)c2ccccc2)c1. The highest BCUT2D eigenvalue weighted by Gasteiger charge is 2.38. The molecule has 0 spiro atoms. The molecule has 3 nitrogen and oxygen atoms in total. The molecule has 148 valence electrons. The van der Waals surface area contributed by atoms with Crippen molar-refractivity contribution < 1.29 is 18.0 Å². The summed E-state index contributed by atoms with van der Waals surface area (Å²) in [6, 6.07) is 17.6. The molecule has 1 aliphatic rings. The molecule has 0 bridgehead atoms. The first-order chi connectivity index (χ1) is 13.8. The lowest BCUT2D eigenvalue weighted by molar-refractivity contribution is -0.0892. The van der Waals surface area contributed by atoms with E-state index in [9.17, 15) is 23.2 Å². The standard InChI is InChI=1S/C23H19F3N2O/c1-16-6-5-9-18(12-16)21-13-20(23(24,25)26)19(14-27)15-28(21)11-10-22(29)17-7-3-2-4-8-17/h2-9,12-13H,10-11,15H2,1H3. The smallest absolute Gasteiger partial charge is 0.366 e. The van der Waals surface area contributed by atoms with Crippen LogP contribution in [0.1, 0.15) is 27.9 Å². The quantitative estimate of drug-likeness (QED) is 0.644. The maximum absolute atomic E-state index is 13.5. The Morgan fingerprint density at radius 1 is 1.14 bits per heavy atom. The molecule has 29 heavy (non-hydrogen) atoms. The number of hydrogen-bond acceptors (Lipinski definition) is 3. The highest BCUT2D eigenvalue weighted by molar-refractivity contribution is 5.96. The van der Waals surface area contributed by atoms with E-state index in [1.165, 1.54) is 0 Å². The molecule has 1 heterocycles. The molecule has 2 aromatic carbocycles. The summed E-state index contributed by atoms with van der Waals surface area (Å²) in [6.45, 7) is 1.88. The lowest BCUT2D eigenvalue weighted by Gasteiger charge is -2.32. The topological polar surface area (TPSA) is 44.1 Å². The zero-order valence-electron chi connectivity index (χ0n) is 15.8. The Kier molecular flexibility index (Phi) is 5.88. The number of Topliss-reactive ketones (excluding diaryl/α,β-unsaturated/α-hetero) is 1. The van der Waals surface area contributed by atoms with Crippen molar-refractivity contribution in [3.8, 4) is 6.07 Å². The Morgan fingerprint density at radius 2 is 1.86 bits per heavy atom. The molecule has 0 aliphatic carbocycles. The molecule has 3 rings (SSSR count). The van der Waals surface area contributed by atoms with Crippen molar-refractivity contribution in [3.63, 3.8) is 0 Å². The Hall–Kier alpha value is -3.33. The second kappa shape index (κ2) is 8.36. The number of carbonyl (C=O) groups is 1. The number of nitrogens with zero attached hydrogens (tertiary/aromatic N) is 2. The third-order valence-corrected chi connectivity index (χ3v) is 4.75. The molecular formula is C23H19F3N2O. The molecule has 0 unspecified atom stereocenters. The van der Waals surface area contributed by atoms with Crippen molar-refractivity contribution in [1.29, 1.82) is 5.26 Å². The van der Waals surface area contributed by atoms with E-state index in [2.05, 4.69) is 0 Å². The predicted octanol–water partition coefficient (Wildman–Crippen LogP) is 5.31. The van der Waals surface area contributed by atoms with Crippen molar-refractivity contribution in [2.24, 2.45) is 0 Å². The lowest BCUT2D eigenvalue weighted by atomic mass is 9.97. The first kappa shape index (κ1) is 20.4. The number of nitriles is 1. The Morgan fingerprint density at radius 3 is 2.48 bits per heavy atom. The number of benzene rings is 2. The van der Waals surface area contributed by atoms with Crippen molar-refractivity contribution >= 4 is 11.5 Å². The highest BCUT2D eigenvalue weighted by atomic mass is 19.4. The van der Waals surface area contributed by atoms with Crippen LogP contribution in [0.2, 0.25) is 0 Å². The fourth-order valence-electron chi connectivity index (χ4n) is 3.30. The first-order valence-electron chi connectivity index (χ1n) is 9.12. The maximum Gasteiger partial charge on any atom is 0.417 e. The summed E-state index contributed by atoms with van der Waals surface area (Å²) >= 11 is 0. The summed E-state index contributed by atoms with van der Waals surface area (Å²) in [5.41, 5.74) is 1.17. The largest absolute Gasteiger partial charge is 0.417 e. The third-order valence-electron chi connectivity index (χ3n) is 4.75. The van der Waals surface area contributed by atoms with Crippen LogP contribution in [0.3, 0.4) is 0 Å². The molecule has 6 heteroatoms. The van der Waals surface area contributed by atoms with Crippen molar-refractivity contribution in [2.45, 2.75) is 19.5 Å². The summed E-state index contributed by atoms with van der Waals surface area (Å²) in [4.78, 5) is 14.1. The van der Waals surface area contributed by atoms with Gasteiger partial charge in [0.15, 0.2) is 5.78 Å². The zero-order chi connectivity index (χ0) is 21.0. The second-order valence-electron chi connectivity index (χ2n) is 6.86. The molecule has 1 aliphatic heterocycles. The van der Waals surface area contributed by atoms with Gasteiger partial charge in [-0.05, 0) is 24.6 Å². The van der Waals surface area contributed by atoms with E-state index in [0.29, 0.717) is 16.8 Å². The molecule has 0 saturated carbocycles. The van der Waals surface area contributed by atoms with Crippen LogP contribution in [0.15, 0.2) is 71.8 Å². The van der Waals surface area contributed by atoms with Gasteiger partial charge in [0.25, 0.3) is 0 Å². The lowest BCUT2D eigenvalue weighted by Crippen LogP contribution is -2.32. The van der Waals surface area contributed by atoms with Crippen LogP contribution in [0.5, 0.6) is 0 Å². The Labute approximate surface area is 167 Å².